The molecule has 0 fully saturated rings. The van der Waals surface area contributed by atoms with Crippen LogP contribution in [-0.2, 0) is 9.59 Å². The standard InChI is InChI=1S/C10H11F7O2/c1-10(2,9(16)17)7(19)5(13)6(18)3(11)4(12)8(14)15/h3-5,8-9H,1-2H3. The van der Waals surface area contributed by atoms with E-state index in [0.29, 0.717) is 13.8 Å². The third kappa shape index (κ3) is 3.90. The highest BCUT2D eigenvalue weighted by Gasteiger charge is 2.48. The normalized spacial score (nSPS) is 17.4. The number of carbonyl (C=O) groups excluding carboxylic acids is 2. The summed E-state index contributed by atoms with van der Waals surface area (Å²) in [7, 11) is 0. The Balaban J connectivity index is 4.98. The van der Waals surface area contributed by atoms with E-state index in [9.17, 15) is 40.3 Å². The van der Waals surface area contributed by atoms with E-state index < -0.39 is 48.3 Å². The molecule has 19 heavy (non-hydrogen) atoms. The molecular weight excluding hydrogens is 285 g/mol. The predicted octanol–water partition coefficient (Wildman–Crippen LogP) is 2.70. The topological polar surface area (TPSA) is 34.1 Å². The number of hydrogen-bond acceptors (Lipinski definition) is 2. The molecule has 3 unspecified atom stereocenters. The Labute approximate surface area is 104 Å². The molecule has 0 N–H and O–H groups in total. The van der Waals surface area contributed by atoms with E-state index >= 15 is 0 Å². The molecule has 0 aromatic rings. The van der Waals surface area contributed by atoms with Crippen molar-refractivity contribution in [3.63, 3.8) is 0 Å². The first kappa shape index (κ1) is 17.8. The Morgan fingerprint density at radius 3 is 1.63 bits per heavy atom. The lowest BCUT2D eigenvalue weighted by atomic mass is 9.84. The molecule has 112 valence electrons. The van der Waals surface area contributed by atoms with Gasteiger partial charge in [-0.05, 0) is 13.8 Å². The van der Waals surface area contributed by atoms with Gasteiger partial charge in [-0.15, -0.1) is 0 Å². The van der Waals surface area contributed by atoms with Gasteiger partial charge in [0.2, 0.25) is 12.0 Å². The third-order valence-corrected chi connectivity index (χ3v) is 2.45. The van der Waals surface area contributed by atoms with E-state index in [1.807, 2.05) is 0 Å². The highest BCUT2D eigenvalue weighted by molar-refractivity contribution is 6.09. The van der Waals surface area contributed by atoms with Gasteiger partial charge in [0.15, 0.2) is 18.1 Å². The Bertz CT molecular complexity index is 343. The molecular formula is C10H11F7O2. The van der Waals surface area contributed by atoms with Crippen molar-refractivity contribution in [2.75, 3.05) is 0 Å². The molecule has 0 aromatic carbocycles. The van der Waals surface area contributed by atoms with Crippen LogP contribution < -0.4 is 0 Å². The fourth-order valence-corrected chi connectivity index (χ4v) is 0.988. The van der Waals surface area contributed by atoms with Crippen LogP contribution in [0.1, 0.15) is 13.8 Å². The van der Waals surface area contributed by atoms with Crippen molar-refractivity contribution in [3.05, 3.63) is 0 Å². The van der Waals surface area contributed by atoms with Gasteiger partial charge < -0.3 is 0 Å². The van der Waals surface area contributed by atoms with Crippen LogP contribution in [0.5, 0.6) is 0 Å². The number of Topliss-reactive ketones (excluding diaryl/α,β-unsaturated/α-hetero) is 2. The van der Waals surface area contributed by atoms with Crippen LogP contribution >= 0.6 is 0 Å². The second-order valence-electron chi connectivity index (χ2n) is 4.33. The molecule has 0 aromatic heterocycles. The van der Waals surface area contributed by atoms with Crippen molar-refractivity contribution in [1.82, 2.24) is 0 Å². The number of carbonyl (C=O) groups is 2. The van der Waals surface area contributed by atoms with E-state index in [0.717, 1.165) is 0 Å². The molecule has 0 aliphatic heterocycles. The van der Waals surface area contributed by atoms with Crippen LogP contribution in [0.3, 0.4) is 0 Å². The molecule has 0 bridgehead atoms. The fraction of sp³-hybridized carbons (Fsp3) is 0.800. The molecule has 0 spiro atoms. The second kappa shape index (κ2) is 6.33. The third-order valence-electron chi connectivity index (χ3n) is 2.45. The zero-order chi connectivity index (χ0) is 15.5. The number of halogens is 7. The number of alkyl halides is 7. The SMILES string of the molecule is CC(C)(C(=O)C(F)C(=O)C(F)C(F)C(F)F)C(F)F. The average Bonchev–Trinajstić information content (AvgIpc) is 2.33. The monoisotopic (exact) mass is 296 g/mol. The van der Waals surface area contributed by atoms with Crippen LogP contribution in [0.2, 0.25) is 0 Å². The molecule has 0 heterocycles. The van der Waals surface area contributed by atoms with Gasteiger partial charge in [0, 0.05) is 0 Å². The van der Waals surface area contributed by atoms with E-state index in [2.05, 4.69) is 0 Å². The molecule has 0 saturated carbocycles. The van der Waals surface area contributed by atoms with Crippen LogP contribution in [0.25, 0.3) is 0 Å². The summed E-state index contributed by atoms with van der Waals surface area (Å²) in [5, 5.41) is 0. The van der Waals surface area contributed by atoms with Gasteiger partial charge in [0.05, 0.1) is 5.41 Å². The minimum atomic E-state index is -3.90. The first-order valence-electron chi connectivity index (χ1n) is 5.01. The van der Waals surface area contributed by atoms with Crippen molar-refractivity contribution >= 4 is 11.6 Å². The predicted molar refractivity (Wildman–Crippen MR) is 50.5 cm³/mol. The first-order chi connectivity index (χ1) is 8.44. The van der Waals surface area contributed by atoms with Crippen LogP contribution in [0.4, 0.5) is 30.7 Å². The Morgan fingerprint density at radius 1 is 0.895 bits per heavy atom. The summed E-state index contributed by atoms with van der Waals surface area (Å²) >= 11 is 0. The largest absolute Gasteiger partial charge is 0.295 e. The Hall–Kier alpha value is -1.15. The molecule has 3 atom stereocenters. The van der Waals surface area contributed by atoms with Gasteiger partial charge in [-0.1, -0.05) is 0 Å². The van der Waals surface area contributed by atoms with E-state index in [4.69, 9.17) is 0 Å². The molecule has 0 amide bonds. The zero-order valence-electron chi connectivity index (χ0n) is 9.85. The Morgan fingerprint density at radius 2 is 1.32 bits per heavy atom. The summed E-state index contributed by atoms with van der Waals surface area (Å²) in [6.07, 6.45) is -17.9. The summed E-state index contributed by atoms with van der Waals surface area (Å²) in [6.45, 7) is 1.18. The lowest BCUT2D eigenvalue weighted by molar-refractivity contribution is -0.149. The molecule has 0 radical (unpaired) electrons. The summed E-state index contributed by atoms with van der Waals surface area (Å²) in [5.74, 6) is -4.41. The van der Waals surface area contributed by atoms with Crippen molar-refractivity contribution < 1.29 is 40.3 Å². The van der Waals surface area contributed by atoms with Crippen LogP contribution in [-0.4, -0.2) is 42.9 Å². The molecule has 0 rings (SSSR count). The van der Waals surface area contributed by atoms with Gasteiger partial charge in [0.25, 0.3) is 12.9 Å². The minimum absolute atomic E-state index is 0.590. The summed E-state index contributed by atoms with van der Waals surface area (Å²) in [5.41, 5.74) is -2.62. The summed E-state index contributed by atoms with van der Waals surface area (Å²) < 4.78 is 86.9. The van der Waals surface area contributed by atoms with Gasteiger partial charge in [0.1, 0.15) is 0 Å². The quantitative estimate of drug-likeness (QED) is 0.535. The molecule has 0 aliphatic rings. The maximum absolute atomic E-state index is 13.2. The molecule has 9 heteroatoms. The van der Waals surface area contributed by atoms with Crippen LogP contribution in [0.15, 0.2) is 0 Å². The maximum atomic E-state index is 13.2. The summed E-state index contributed by atoms with van der Waals surface area (Å²) in [6, 6.07) is 0. The molecule has 2 nitrogen and oxygen atoms in total. The Kier molecular flexibility index (Phi) is 5.95. The van der Waals surface area contributed by atoms with Gasteiger partial charge in [-0.2, -0.15) is 0 Å². The van der Waals surface area contributed by atoms with E-state index in [-0.39, 0.29) is 0 Å². The maximum Gasteiger partial charge on any atom is 0.272 e. The van der Waals surface area contributed by atoms with E-state index in [1.54, 1.807) is 0 Å². The van der Waals surface area contributed by atoms with Crippen molar-refractivity contribution in [2.45, 2.75) is 45.2 Å². The lowest BCUT2D eigenvalue weighted by Crippen LogP contribution is -2.46. The fourth-order valence-electron chi connectivity index (χ4n) is 0.988. The van der Waals surface area contributed by atoms with Gasteiger partial charge in [-0.3, -0.25) is 9.59 Å². The van der Waals surface area contributed by atoms with Crippen molar-refractivity contribution in [2.24, 2.45) is 5.41 Å². The zero-order valence-corrected chi connectivity index (χ0v) is 9.85. The highest BCUT2D eigenvalue weighted by atomic mass is 19.3. The first-order valence-corrected chi connectivity index (χ1v) is 5.01. The van der Waals surface area contributed by atoms with E-state index in [1.165, 1.54) is 0 Å². The number of ketones is 2. The van der Waals surface area contributed by atoms with Gasteiger partial charge in [-0.25, -0.2) is 30.7 Å². The second-order valence-corrected chi connectivity index (χ2v) is 4.33. The minimum Gasteiger partial charge on any atom is -0.295 e. The molecule has 0 aliphatic carbocycles. The molecule has 0 saturated heterocycles. The lowest BCUT2D eigenvalue weighted by Gasteiger charge is -2.24. The van der Waals surface area contributed by atoms with Crippen molar-refractivity contribution in [1.29, 1.82) is 0 Å². The summed E-state index contributed by atoms with van der Waals surface area (Å²) in [4.78, 5) is 22.1. The smallest absolute Gasteiger partial charge is 0.272 e. The van der Waals surface area contributed by atoms with Crippen LogP contribution in [0, 0.1) is 5.41 Å². The number of hydrogen-bond donors (Lipinski definition) is 0. The highest BCUT2D eigenvalue weighted by Crippen LogP contribution is 2.29. The van der Waals surface area contributed by atoms with Crippen molar-refractivity contribution in [3.8, 4) is 0 Å². The number of rotatable bonds is 7. The van der Waals surface area contributed by atoms with Gasteiger partial charge >= 0.3 is 0 Å². The average molecular weight is 296 g/mol.